The quantitative estimate of drug-likeness (QED) is 0.403. The van der Waals surface area contributed by atoms with E-state index < -0.39 is 5.91 Å². The van der Waals surface area contributed by atoms with E-state index in [1.54, 1.807) is 42.9 Å². The van der Waals surface area contributed by atoms with Crippen molar-refractivity contribution in [2.24, 2.45) is 11.6 Å². The Hall–Kier alpha value is -3.65. The van der Waals surface area contributed by atoms with Crippen molar-refractivity contribution in [1.82, 2.24) is 15.8 Å². The molecular formula is C23H28N6O2. The molecule has 0 radical (unpaired) electrons. The third-order valence-electron chi connectivity index (χ3n) is 5.04. The predicted molar refractivity (Wildman–Crippen MR) is 121 cm³/mol. The summed E-state index contributed by atoms with van der Waals surface area (Å²) in [5.41, 5.74) is 15.1. The molecule has 1 aromatic carbocycles. The van der Waals surface area contributed by atoms with Gasteiger partial charge in [-0.05, 0) is 67.1 Å². The number of hydrazine groups is 2. The number of rotatable bonds is 7. The molecule has 0 bridgehead atoms. The molecule has 0 atom stereocenters. The number of aromatic nitrogens is 1. The second-order valence-corrected chi connectivity index (χ2v) is 7.36. The second-order valence-electron chi connectivity index (χ2n) is 7.36. The second kappa shape index (κ2) is 10.4. The molecule has 8 nitrogen and oxygen atoms in total. The first kappa shape index (κ1) is 22.0. The zero-order valence-corrected chi connectivity index (χ0v) is 17.6. The molecule has 0 saturated carbocycles. The van der Waals surface area contributed by atoms with Crippen molar-refractivity contribution in [3.05, 3.63) is 77.4 Å². The lowest BCUT2D eigenvalue weighted by Crippen LogP contribution is -2.42. The van der Waals surface area contributed by atoms with Gasteiger partial charge in [-0.2, -0.15) is 0 Å². The molecule has 1 aromatic heterocycles. The van der Waals surface area contributed by atoms with Crippen molar-refractivity contribution < 1.29 is 9.59 Å². The van der Waals surface area contributed by atoms with Gasteiger partial charge in [-0.15, -0.1) is 0 Å². The number of nitrogens with two attached hydrogens (primary N) is 2. The van der Waals surface area contributed by atoms with E-state index in [4.69, 9.17) is 11.6 Å². The number of nitrogens with zero attached hydrogens (tertiary/aromatic N) is 2. The number of aryl methyl sites for hydroxylation is 1. The number of anilines is 1. The largest absolute Gasteiger partial charge is 0.401 e. The predicted octanol–water partition coefficient (Wildman–Crippen LogP) is 2.54. The minimum Gasteiger partial charge on any atom is -0.401 e. The van der Waals surface area contributed by atoms with E-state index >= 15 is 0 Å². The Balaban J connectivity index is 1.58. The van der Waals surface area contributed by atoms with E-state index in [1.807, 2.05) is 12.1 Å². The van der Waals surface area contributed by atoms with E-state index in [9.17, 15) is 9.59 Å². The summed E-state index contributed by atoms with van der Waals surface area (Å²) in [7, 11) is 0. The highest BCUT2D eigenvalue weighted by Crippen LogP contribution is 2.25. The smallest absolute Gasteiger partial charge is 0.269 e. The SMILES string of the molecule is CCCC/C(N)=C/N(N)c1ccc(C(=O)NNC(=O)C2=CCCc3cnccc32)cc1. The summed E-state index contributed by atoms with van der Waals surface area (Å²) in [4.78, 5) is 29.1. The summed E-state index contributed by atoms with van der Waals surface area (Å²) in [5.74, 6) is 5.24. The number of hydrogen-bond acceptors (Lipinski definition) is 6. The number of hydrogen-bond donors (Lipinski definition) is 4. The Morgan fingerprint density at radius 3 is 2.65 bits per heavy atom. The number of benzene rings is 1. The molecule has 0 aliphatic heterocycles. The maximum absolute atomic E-state index is 12.6. The summed E-state index contributed by atoms with van der Waals surface area (Å²) >= 11 is 0. The number of carbonyl (C=O) groups excluding carboxylic acids is 2. The number of pyridine rings is 1. The van der Waals surface area contributed by atoms with Crippen LogP contribution in [-0.2, 0) is 11.2 Å². The van der Waals surface area contributed by atoms with Crippen LogP contribution in [0.4, 0.5) is 5.69 Å². The topological polar surface area (TPSA) is 126 Å². The molecule has 0 fully saturated rings. The van der Waals surface area contributed by atoms with Gasteiger partial charge in [-0.1, -0.05) is 19.4 Å². The van der Waals surface area contributed by atoms with Gasteiger partial charge in [-0.3, -0.25) is 30.4 Å². The van der Waals surface area contributed by atoms with Crippen LogP contribution >= 0.6 is 0 Å². The molecule has 0 saturated heterocycles. The van der Waals surface area contributed by atoms with Crippen molar-refractivity contribution in [3.63, 3.8) is 0 Å². The molecule has 6 N–H and O–H groups in total. The van der Waals surface area contributed by atoms with Crippen LogP contribution in [0.1, 0.15) is 54.1 Å². The molecule has 31 heavy (non-hydrogen) atoms. The highest BCUT2D eigenvalue weighted by atomic mass is 16.2. The minimum absolute atomic E-state index is 0.363. The van der Waals surface area contributed by atoms with Gasteiger partial charge < -0.3 is 5.73 Å². The third-order valence-corrected chi connectivity index (χ3v) is 5.04. The van der Waals surface area contributed by atoms with Crippen LogP contribution in [-0.4, -0.2) is 16.8 Å². The van der Waals surface area contributed by atoms with Crippen molar-refractivity contribution in [1.29, 1.82) is 0 Å². The molecule has 2 aromatic rings. The fraction of sp³-hybridized carbons (Fsp3) is 0.261. The molecule has 8 heteroatoms. The van der Waals surface area contributed by atoms with Gasteiger partial charge in [-0.25, -0.2) is 5.84 Å². The number of unbranched alkanes of at least 4 members (excludes halogenated alkanes) is 1. The van der Waals surface area contributed by atoms with Gasteiger partial charge >= 0.3 is 0 Å². The van der Waals surface area contributed by atoms with Crippen LogP contribution in [0.15, 0.2) is 60.7 Å². The highest BCUT2D eigenvalue weighted by Gasteiger charge is 2.19. The van der Waals surface area contributed by atoms with Crippen LogP contribution in [0, 0.1) is 0 Å². The van der Waals surface area contributed by atoms with Crippen molar-refractivity contribution in [3.8, 4) is 0 Å². The Morgan fingerprint density at radius 2 is 1.90 bits per heavy atom. The van der Waals surface area contributed by atoms with E-state index in [1.165, 1.54) is 5.01 Å². The number of fused-ring (bicyclic) bond motifs is 1. The molecular weight excluding hydrogens is 392 g/mol. The number of carbonyl (C=O) groups is 2. The zero-order valence-electron chi connectivity index (χ0n) is 17.6. The van der Waals surface area contributed by atoms with E-state index in [0.717, 1.165) is 43.2 Å². The lowest BCUT2D eigenvalue weighted by Gasteiger charge is -2.17. The molecule has 1 heterocycles. The third kappa shape index (κ3) is 5.70. The molecule has 0 spiro atoms. The maximum atomic E-state index is 12.6. The Labute approximate surface area is 182 Å². The van der Waals surface area contributed by atoms with E-state index in [2.05, 4.69) is 22.8 Å². The summed E-state index contributed by atoms with van der Waals surface area (Å²) in [6, 6.07) is 8.50. The van der Waals surface area contributed by atoms with Crippen molar-refractivity contribution in [2.75, 3.05) is 5.01 Å². The average molecular weight is 421 g/mol. The Kier molecular flexibility index (Phi) is 7.40. The van der Waals surface area contributed by atoms with Gasteiger partial charge in [0.25, 0.3) is 11.8 Å². The van der Waals surface area contributed by atoms with Crippen LogP contribution in [0.3, 0.4) is 0 Å². The summed E-state index contributed by atoms with van der Waals surface area (Å²) < 4.78 is 0. The fourth-order valence-corrected chi connectivity index (χ4v) is 3.32. The molecule has 0 unspecified atom stereocenters. The first-order chi connectivity index (χ1) is 15.0. The standard InChI is InChI=1S/C23H28N6O2/c1-2-3-6-18(24)15-29(25)19-10-8-16(9-11-19)22(30)27-28-23(31)21-7-4-5-17-14-26-13-12-20(17)21/h7-15H,2-6,24-25H2,1H3,(H,27,30)(H,28,31)/b18-15-. The van der Waals surface area contributed by atoms with E-state index in [-0.39, 0.29) is 5.91 Å². The summed E-state index contributed by atoms with van der Waals surface area (Å²) in [6.45, 7) is 2.10. The molecule has 2 amide bonds. The number of amides is 2. The molecule has 1 aliphatic carbocycles. The van der Waals surface area contributed by atoms with Crippen LogP contribution in [0.5, 0.6) is 0 Å². The average Bonchev–Trinajstić information content (AvgIpc) is 2.80. The summed E-state index contributed by atoms with van der Waals surface area (Å²) in [5, 5.41) is 1.43. The molecule has 3 rings (SSSR count). The Morgan fingerprint density at radius 1 is 1.16 bits per heavy atom. The highest BCUT2D eigenvalue weighted by molar-refractivity contribution is 6.20. The van der Waals surface area contributed by atoms with Crippen molar-refractivity contribution in [2.45, 2.75) is 39.0 Å². The van der Waals surface area contributed by atoms with Gasteiger partial charge in [0.05, 0.1) is 5.69 Å². The lowest BCUT2D eigenvalue weighted by molar-refractivity contribution is -0.116. The zero-order chi connectivity index (χ0) is 22.2. The van der Waals surface area contributed by atoms with Gasteiger partial charge in [0.15, 0.2) is 0 Å². The lowest BCUT2D eigenvalue weighted by atomic mass is 9.92. The maximum Gasteiger partial charge on any atom is 0.269 e. The van der Waals surface area contributed by atoms with Gasteiger partial charge in [0, 0.05) is 35.4 Å². The van der Waals surface area contributed by atoms with Gasteiger partial charge in [0.2, 0.25) is 0 Å². The molecule has 162 valence electrons. The minimum atomic E-state index is -0.423. The van der Waals surface area contributed by atoms with Gasteiger partial charge in [0.1, 0.15) is 0 Å². The van der Waals surface area contributed by atoms with Crippen LogP contribution < -0.4 is 27.4 Å². The first-order valence-electron chi connectivity index (χ1n) is 10.3. The number of nitrogens with one attached hydrogen (secondary N) is 2. The first-order valence-corrected chi connectivity index (χ1v) is 10.3. The van der Waals surface area contributed by atoms with E-state index in [0.29, 0.717) is 22.5 Å². The monoisotopic (exact) mass is 420 g/mol. The molecule has 1 aliphatic rings. The van der Waals surface area contributed by atoms with Crippen LogP contribution in [0.2, 0.25) is 0 Å². The summed E-state index contributed by atoms with van der Waals surface area (Å²) in [6.07, 6.45) is 11.4. The van der Waals surface area contributed by atoms with Crippen molar-refractivity contribution >= 4 is 23.1 Å². The van der Waals surface area contributed by atoms with Crippen LogP contribution in [0.25, 0.3) is 5.57 Å². The fourth-order valence-electron chi connectivity index (χ4n) is 3.32. The normalized spacial score (nSPS) is 13.1. The number of allylic oxidation sites excluding steroid dienone is 2. The Bertz CT molecular complexity index is 997.